The molecule has 0 aliphatic rings. The van der Waals surface area contributed by atoms with Crippen LogP contribution in [0, 0.1) is 13.8 Å². The highest BCUT2D eigenvalue weighted by atomic mass is 16.1. The highest BCUT2D eigenvalue weighted by Gasteiger charge is 2.04. The summed E-state index contributed by atoms with van der Waals surface area (Å²) < 4.78 is 0. The Labute approximate surface area is 154 Å². The molecule has 3 aromatic rings. The summed E-state index contributed by atoms with van der Waals surface area (Å²) in [5.41, 5.74) is 4.99. The average molecular weight is 351 g/mol. The summed E-state index contributed by atoms with van der Waals surface area (Å²) in [5.74, 6) is 1.07. The second kappa shape index (κ2) is 9.36. The van der Waals surface area contributed by atoms with Crippen LogP contribution in [0.3, 0.4) is 0 Å². The van der Waals surface area contributed by atoms with Crippen molar-refractivity contribution in [3.63, 3.8) is 0 Å². The van der Waals surface area contributed by atoms with Gasteiger partial charge in [-0.15, -0.1) is 5.10 Å². The summed E-state index contributed by atoms with van der Waals surface area (Å²) in [6, 6.07) is 13.6. The first kappa shape index (κ1) is 19.2. The minimum absolute atomic E-state index is 0.499. The molecule has 136 valence electrons. The maximum atomic E-state index is 10.8. The van der Waals surface area contributed by atoms with Gasteiger partial charge in [0.15, 0.2) is 0 Å². The van der Waals surface area contributed by atoms with E-state index in [1.807, 2.05) is 44.2 Å². The number of aldehydes is 1. The zero-order valence-electron chi connectivity index (χ0n) is 15.6. The van der Waals surface area contributed by atoms with Gasteiger partial charge >= 0.3 is 0 Å². The summed E-state index contributed by atoms with van der Waals surface area (Å²) in [6.07, 6.45) is 0.835. The Balaban J connectivity index is 0.00000117. The van der Waals surface area contributed by atoms with E-state index in [-0.39, 0.29) is 0 Å². The average Bonchev–Trinajstić information content (AvgIpc) is 3.08. The molecular formula is C20H25N5O. The normalized spacial score (nSPS) is 9.85. The van der Waals surface area contributed by atoms with Crippen LogP contribution < -0.4 is 10.6 Å². The van der Waals surface area contributed by atoms with Gasteiger partial charge in [-0.2, -0.15) is 4.98 Å². The van der Waals surface area contributed by atoms with Gasteiger partial charge in [0.25, 0.3) is 0 Å². The molecule has 3 N–H and O–H groups in total. The molecule has 0 amide bonds. The molecular weight excluding hydrogens is 326 g/mol. The standard InChI is InChI=1S/C18H19N5O.C2H6/c1-12-6-13(2)8-16(7-12)20-18-21-17(22-23-18)19-10-14-4-3-5-15(9-14)11-24;1-2/h3-9,11H,10H2,1-2H3,(H3,19,20,21,22,23);1-2H3. The summed E-state index contributed by atoms with van der Waals surface area (Å²) in [6.45, 7) is 8.65. The lowest BCUT2D eigenvalue weighted by molar-refractivity contribution is 0.112. The fourth-order valence-electron chi connectivity index (χ4n) is 2.54. The molecule has 0 atom stereocenters. The summed E-state index contributed by atoms with van der Waals surface area (Å²) in [4.78, 5) is 15.2. The summed E-state index contributed by atoms with van der Waals surface area (Å²) >= 11 is 0. The maximum absolute atomic E-state index is 10.8. The number of nitrogens with one attached hydrogen (secondary N) is 3. The molecule has 3 rings (SSSR count). The Morgan fingerprint density at radius 2 is 1.81 bits per heavy atom. The van der Waals surface area contributed by atoms with E-state index in [1.165, 1.54) is 11.1 Å². The van der Waals surface area contributed by atoms with Crippen LogP contribution in [0.4, 0.5) is 17.6 Å². The lowest BCUT2D eigenvalue weighted by atomic mass is 10.1. The van der Waals surface area contributed by atoms with Gasteiger partial charge in [0.2, 0.25) is 11.9 Å². The van der Waals surface area contributed by atoms with Gasteiger partial charge in [0.05, 0.1) is 0 Å². The van der Waals surface area contributed by atoms with Crippen molar-refractivity contribution in [2.24, 2.45) is 0 Å². The van der Waals surface area contributed by atoms with Crippen molar-refractivity contribution >= 4 is 23.9 Å². The minimum atomic E-state index is 0.499. The molecule has 0 radical (unpaired) electrons. The molecule has 0 aliphatic carbocycles. The molecule has 6 nitrogen and oxygen atoms in total. The maximum Gasteiger partial charge on any atom is 0.243 e. The van der Waals surface area contributed by atoms with Crippen molar-refractivity contribution in [1.29, 1.82) is 0 Å². The van der Waals surface area contributed by atoms with E-state index in [9.17, 15) is 4.79 Å². The topological polar surface area (TPSA) is 82.7 Å². The van der Waals surface area contributed by atoms with Gasteiger partial charge in [-0.05, 0) is 48.7 Å². The van der Waals surface area contributed by atoms with Crippen LogP contribution in [0.1, 0.15) is 40.9 Å². The second-order valence-electron chi connectivity index (χ2n) is 5.73. The fraction of sp³-hybridized carbons (Fsp3) is 0.250. The number of aromatic nitrogens is 3. The van der Waals surface area contributed by atoms with E-state index in [0.717, 1.165) is 17.5 Å². The van der Waals surface area contributed by atoms with Crippen LogP contribution in [0.15, 0.2) is 42.5 Å². The molecule has 0 saturated carbocycles. The van der Waals surface area contributed by atoms with Crippen molar-refractivity contribution < 1.29 is 4.79 Å². The Hall–Kier alpha value is -3.15. The van der Waals surface area contributed by atoms with E-state index >= 15 is 0 Å². The number of aromatic amines is 1. The first-order valence-corrected chi connectivity index (χ1v) is 8.68. The number of carbonyl (C=O) groups is 1. The Morgan fingerprint density at radius 1 is 1.08 bits per heavy atom. The monoisotopic (exact) mass is 351 g/mol. The summed E-state index contributed by atoms with van der Waals surface area (Å²) in [7, 11) is 0. The van der Waals surface area contributed by atoms with E-state index in [0.29, 0.717) is 24.0 Å². The lowest BCUT2D eigenvalue weighted by Gasteiger charge is -2.05. The molecule has 26 heavy (non-hydrogen) atoms. The van der Waals surface area contributed by atoms with Crippen molar-refractivity contribution in [2.75, 3.05) is 10.6 Å². The number of H-pyrrole nitrogens is 1. The molecule has 1 heterocycles. The van der Waals surface area contributed by atoms with E-state index < -0.39 is 0 Å². The summed E-state index contributed by atoms with van der Waals surface area (Å²) in [5, 5.41) is 13.3. The van der Waals surface area contributed by atoms with Crippen molar-refractivity contribution in [2.45, 2.75) is 34.2 Å². The number of rotatable bonds is 6. The number of hydrogen-bond acceptors (Lipinski definition) is 5. The largest absolute Gasteiger partial charge is 0.349 e. The molecule has 2 aromatic carbocycles. The third-order valence-corrected chi connectivity index (χ3v) is 3.51. The number of nitrogens with zero attached hydrogens (tertiary/aromatic N) is 2. The highest BCUT2D eigenvalue weighted by molar-refractivity contribution is 5.74. The first-order valence-electron chi connectivity index (χ1n) is 8.68. The SMILES string of the molecule is CC.Cc1cc(C)cc(Nc2nc(NCc3cccc(C=O)c3)n[nH]2)c1. The third kappa shape index (κ3) is 5.44. The lowest BCUT2D eigenvalue weighted by Crippen LogP contribution is -2.01. The first-order chi connectivity index (χ1) is 12.6. The fourth-order valence-corrected chi connectivity index (χ4v) is 2.54. The van der Waals surface area contributed by atoms with Crippen LogP contribution >= 0.6 is 0 Å². The smallest absolute Gasteiger partial charge is 0.243 e. The third-order valence-electron chi connectivity index (χ3n) is 3.51. The van der Waals surface area contributed by atoms with E-state index in [2.05, 4.69) is 45.7 Å². The molecule has 0 spiro atoms. The number of carbonyl (C=O) groups excluding carboxylic acids is 1. The van der Waals surface area contributed by atoms with E-state index in [4.69, 9.17) is 0 Å². The number of hydrogen-bond donors (Lipinski definition) is 3. The van der Waals surface area contributed by atoms with Crippen molar-refractivity contribution in [3.05, 3.63) is 64.7 Å². The van der Waals surface area contributed by atoms with Crippen molar-refractivity contribution in [1.82, 2.24) is 15.2 Å². The van der Waals surface area contributed by atoms with Gasteiger partial charge in [-0.25, -0.2) is 5.10 Å². The molecule has 0 fully saturated rings. The molecule has 0 saturated heterocycles. The zero-order chi connectivity index (χ0) is 18.9. The van der Waals surface area contributed by atoms with Gasteiger partial charge in [-0.1, -0.05) is 38.1 Å². The van der Waals surface area contributed by atoms with Gasteiger partial charge in [0, 0.05) is 17.8 Å². The minimum Gasteiger partial charge on any atom is -0.349 e. The quantitative estimate of drug-likeness (QED) is 0.565. The van der Waals surface area contributed by atoms with Crippen LogP contribution in [-0.4, -0.2) is 21.5 Å². The predicted octanol–water partition coefficient (Wildman–Crippen LogP) is 4.62. The number of anilines is 3. The number of benzene rings is 2. The Kier molecular flexibility index (Phi) is 6.91. The molecule has 0 unspecified atom stereocenters. The molecule has 0 aliphatic heterocycles. The van der Waals surface area contributed by atoms with Crippen LogP contribution in [0.25, 0.3) is 0 Å². The van der Waals surface area contributed by atoms with Gasteiger partial charge < -0.3 is 10.6 Å². The Bertz CT molecular complexity index is 837. The predicted molar refractivity (Wildman–Crippen MR) is 106 cm³/mol. The van der Waals surface area contributed by atoms with Crippen molar-refractivity contribution in [3.8, 4) is 0 Å². The molecule has 1 aromatic heterocycles. The van der Waals surface area contributed by atoms with E-state index in [1.54, 1.807) is 6.07 Å². The Morgan fingerprint density at radius 3 is 2.50 bits per heavy atom. The van der Waals surface area contributed by atoms with Gasteiger partial charge in [-0.3, -0.25) is 4.79 Å². The van der Waals surface area contributed by atoms with Crippen LogP contribution in [0.5, 0.6) is 0 Å². The second-order valence-corrected chi connectivity index (χ2v) is 5.73. The number of aryl methyl sites for hydroxylation is 2. The zero-order valence-corrected chi connectivity index (χ0v) is 15.6. The van der Waals surface area contributed by atoms with Gasteiger partial charge in [0.1, 0.15) is 6.29 Å². The van der Waals surface area contributed by atoms with Crippen LogP contribution in [-0.2, 0) is 6.54 Å². The molecule has 0 bridgehead atoms. The highest BCUT2D eigenvalue weighted by Crippen LogP contribution is 2.18. The molecule has 6 heteroatoms. The van der Waals surface area contributed by atoms with Crippen LogP contribution in [0.2, 0.25) is 0 Å².